The Kier molecular flexibility index (Phi) is 12.0. The summed E-state index contributed by atoms with van der Waals surface area (Å²) in [6, 6.07) is 9.91. The number of hydrogen-bond acceptors (Lipinski definition) is 7. The second-order valence-corrected chi connectivity index (χ2v) is 11.9. The molecule has 1 atom stereocenters. The van der Waals surface area contributed by atoms with Crippen LogP contribution in [0.5, 0.6) is 0 Å². The first kappa shape index (κ1) is 35.0. The third kappa shape index (κ3) is 11.2. The molecule has 45 heavy (non-hydrogen) atoms. The van der Waals surface area contributed by atoms with Gasteiger partial charge in [-0.2, -0.15) is 0 Å². The van der Waals surface area contributed by atoms with Crippen molar-refractivity contribution < 1.29 is 37.4 Å². The number of halogens is 3. The minimum atomic E-state index is -1.16. The Hall–Kier alpha value is -4.52. The first-order chi connectivity index (χ1) is 21.1. The number of ether oxygens (including phenoxy) is 2. The molecule has 0 radical (unpaired) electrons. The Morgan fingerprint density at radius 3 is 2.40 bits per heavy atom. The fourth-order valence-electron chi connectivity index (χ4n) is 4.12. The van der Waals surface area contributed by atoms with E-state index in [4.69, 9.17) is 21.1 Å². The SMILES string of the molecule is CC(C)(C)OC(=O)NCC(=O)NCCC(C)(CCOC(=O)Nc1cc2cc(F)ccc2cn1)C(=O)NCc1cccc(F)c1Cl. The summed E-state index contributed by atoms with van der Waals surface area (Å²) in [5, 5.41) is 11.3. The molecule has 1 unspecified atom stereocenters. The summed E-state index contributed by atoms with van der Waals surface area (Å²) in [7, 11) is 0. The molecular formula is C31H36ClF2N5O6. The lowest BCUT2D eigenvalue weighted by molar-refractivity contribution is -0.132. The number of rotatable bonds is 12. The second kappa shape index (κ2) is 15.5. The van der Waals surface area contributed by atoms with Crippen LogP contribution in [0, 0.1) is 17.0 Å². The molecule has 0 bridgehead atoms. The van der Waals surface area contributed by atoms with Crippen molar-refractivity contribution in [3.05, 3.63) is 70.9 Å². The zero-order valence-corrected chi connectivity index (χ0v) is 26.1. The molecule has 4 N–H and O–H groups in total. The quantitative estimate of drug-likeness (QED) is 0.204. The van der Waals surface area contributed by atoms with Gasteiger partial charge in [0.15, 0.2) is 0 Å². The van der Waals surface area contributed by atoms with Crippen LogP contribution < -0.4 is 21.3 Å². The number of amides is 4. The summed E-state index contributed by atoms with van der Waals surface area (Å²) in [6.07, 6.45) is 0.0596. The van der Waals surface area contributed by atoms with E-state index in [-0.39, 0.29) is 49.9 Å². The Balaban J connectivity index is 1.59. The minimum absolute atomic E-state index is 0.0449. The number of benzene rings is 2. The molecule has 1 aromatic heterocycles. The predicted octanol–water partition coefficient (Wildman–Crippen LogP) is 5.46. The van der Waals surface area contributed by atoms with E-state index in [0.29, 0.717) is 16.3 Å². The molecule has 0 aliphatic rings. The van der Waals surface area contributed by atoms with Gasteiger partial charge in [0.1, 0.15) is 23.1 Å². The van der Waals surface area contributed by atoms with E-state index in [9.17, 15) is 28.0 Å². The van der Waals surface area contributed by atoms with Crippen molar-refractivity contribution >= 4 is 52.2 Å². The molecule has 0 saturated heterocycles. The van der Waals surface area contributed by atoms with Crippen molar-refractivity contribution in [2.45, 2.75) is 52.7 Å². The Bertz CT molecular complexity index is 1550. The van der Waals surface area contributed by atoms with Gasteiger partial charge in [-0.15, -0.1) is 0 Å². The number of nitrogens with zero attached hydrogens (tertiary/aromatic N) is 1. The maximum absolute atomic E-state index is 13.9. The van der Waals surface area contributed by atoms with E-state index in [1.807, 2.05) is 0 Å². The van der Waals surface area contributed by atoms with Crippen LogP contribution in [-0.2, 0) is 25.6 Å². The second-order valence-electron chi connectivity index (χ2n) is 11.5. The highest BCUT2D eigenvalue weighted by Gasteiger charge is 2.33. The van der Waals surface area contributed by atoms with Crippen molar-refractivity contribution in [1.29, 1.82) is 0 Å². The molecule has 0 fully saturated rings. The summed E-state index contributed by atoms with van der Waals surface area (Å²) in [5.41, 5.74) is -1.52. The Morgan fingerprint density at radius 2 is 1.67 bits per heavy atom. The number of hydrogen-bond donors (Lipinski definition) is 4. The average Bonchev–Trinajstić information content (AvgIpc) is 2.95. The molecule has 0 saturated carbocycles. The normalized spacial score (nSPS) is 12.5. The number of carbonyl (C=O) groups is 4. The van der Waals surface area contributed by atoms with Gasteiger partial charge in [0.05, 0.1) is 23.6 Å². The van der Waals surface area contributed by atoms with Crippen LogP contribution in [0.25, 0.3) is 10.8 Å². The van der Waals surface area contributed by atoms with Gasteiger partial charge in [-0.1, -0.05) is 30.7 Å². The number of carbonyl (C=O) groups excluding carboxylic acids is 4. The zero-order chi connectivity index (χ0) is 33.2. The summed E-state index contributed by atoms with van der Waals surface area (Å²) in [5.74, 6) is -1.87. The topological polar surface area (TPSA) is 148 Å². The molecule has 0 spiro atoms. The van der Waals surface area contributed by atoms with Gasteiger partial charge >= 0.3 is 12.2 Å². The van der Waals surface area contributed by atoms with Crippen molar-refractivity contribution in [1.82, 2.24) is 20.9 Å². The highest BCUT2D eigenvalue weighted by Crippen LogP contribution is 2.27. The molecule has 0 aliphatic heterocycles. The largest absolute Gasteiger partial charge is 0.449 e. The average molecular weight is 648 g/mol. The Morgan fingerprint density at radius 1 is 0.911 bits per heavy atom. The van der Waals surface area contributed by atoms with E-state index in [1.165, 1.54) is 36.5 Å². The standard InChI is InChI=1S/C31H36ClF2N5O6/c1-30(2,3)45-28(42)38-18-25(40)35-12-10-31(4,27(41)37-17-20-6-5-7-23(34)26(20)32)11-13-44-29(43)39-24-15-21-14-22(33)9-8-19(21)16-36-24/h5-9,14-16H,10-13,17-18H2,1-4H3,(H,35,40)(H,37,41)(H,38,42)(H,36,39,43). The first-order valence-electron chi connectivity index (χ1n) is 14.1. The summed E-state index contributed by atoms with van der Waals surface area (Å²) >= 11 is 6.02. The zero-order valence-electron chi connectivity index (χ0n) is 25.4. The fraction of sp³-hybridized carbons (Fsp3) is 0.387. The number of pyridine rings is 1. The number of alkyl carbamates (subject to hydrolysis) is 1. The van der Waals surface area contributed by atoms with Crippen LogP contribution in [0.15, 0.2) is 48.7 Å². The first-order valence-corrected chi connectivity index (χ1v) is 14.5. The predicted molar refractivity (Wildman–Crippen MR) is 165 cm³/mol. The van der Waals surface area contributed by atoms with Gasteiger partial charge in [0.2, 0.25) is 11.8 Å². The molecule has 242 valence electrons. The van der Waals surface area contributed by atoms with E-state index < -0.39 is 46.7 Å². The summed E-state index contributed by atoms with van der Waals surface area (Å²) in [4.78, 5) is 54.0. The molecule has 0 aliphatic carbocycles. The minimum Gasteiger partial charge on any atom is -0.449 e. The van der Waals surface area contributed by atoms with Crippen LogP contribution in [-0.4, -0.2) is 54.3 Å². The van der Waals surface area contributed by atoms with Crippen molar-refractivity contribution in [2.75, 3.05) is 25.0 Å². The van der Waals surface area contributed by atoms with E-state index in [1.54, 1.807) is 39.8 Å². The lowest BCUT2D eigenvalue weighted by Crippen LogP contribution is -2.44. The molecule has 1 heterocycles. The maximum atomic E-state index is 13.9. The lowest BCUT2D eigenvalue weighted by atomic mass is 9.82. The fourth-order valence-corrected chi connectivity index (χ4v) is 4.32. The third-order valence-corrected chi connectivity index (χ3v) is 7.03. The third-order valence-electron chi connectivity index (χ3n) is 6.61. The van der Waals surface area contributed by atoms with E-state index >= 15 is 0 Å². The number of fused-ring (bicyclic) bond motifs is 1. The van der Waals surface area contributed by atoms with Gasteiger partial charge < -0.3 is 25.4 Å². The number of aromatic nitrogens is 1. The van der Waals surface area contributed by atoms with Crippen LogP contribution in [0.3, 0.4) is 0 Å². The molecule has 14 heteroatoms. The molecule has 3 aromatic rings. The lowest BCUT2D eigenvalue weighted by Gasteiger charge is -2.28. The van der Waals surface area contributed by atoms with Crippen molar-refractivity contribution in [3.8, 4) is 0 Å². The van der Waals surface area contributed by atoms with Gasteiger partial charge in [-0.25, -0.2) is 23.4 Å². The van der Waals surface area contributed by atoms with Crippen molar-refractivity contribution in [2.24, 2.45) is 5.41 Å². The van der Waals surface area contributed by atoms with Gasteiger partial charge in [0, 0.05) is 24.7 Å². The number of anilines is 1. The molecule has 11 nitrogen and oxygen atoms in total. The molecule has 2 aromatic carbocycles. The van der Waals surface area contributed by atoms with Crippen LogP contribution in [0.1, 0.15) is 46.1 Å². The van der Waals surface area contributed by atoms with E-state index in [0.717, 1.165) is 0 Å². The number of nitrogens with one attached hydrogen (secondary N) is 4. The maximum Gasteiger partial charge on any atom is 0.412 e. The van der Waals surface area contributed by atoms with Crippen LogP contribution in [0.4, 0.5) is 24.2 Å². The van der Waals surface area contributed by atoms with Crippen molar-refractivity contribution in [3.63, 3.8) is 0 Å². The van der Waals surface area contributed by atoms with E-state index in [2.05, 4.69) is 26.3 Å². The molecule has 4 amide bonds. The molecule has 3 rings (SSSR count). The van der Waals surface area contributed by atoms with Crippen LogP contribution in [0.2, 0.25) is 5.02 Å². The summed E-state index contributed by atoms with van der Waals surface area (Å²) < 4.78 is 37.9. The molecular weight excluding hydrogens is 612 g/mol. The highest BCUT2D eigenvalue weighted by molar-refractivity contribution is 6.31. The van der Waals surface area contributed by atoms with Gasteiger partial charge in [-0.05, 0) is 74.9 Å². The highest BCUT2D eigenvalue weighted by atomic mass is 35.5. The van der Waals surface area contributed by atoms with Gasteiger partial charge in [-0.3, -0.25) is 14.9 Å². The Labute approximate surface area is 264 Å². The van der Waals surface area contributed by atoms with Gasteiger partial charge in [0.25, 0.3) is 0 Å². The smallest absolute Gasteiger partial charge is 0.412 e. The monoisotopic (exact) mass is 647 g/mol. The van der Waals surface area contributed by atoms with Crippen LogP contribution >= 0.6 is 11.6 Å². The summed E-state index contributed by atoms with van der Waals surface area (Å²) in [6.45, 7) is 6.16.